The van der Waals surface area contributed by atoms with E-state index in [1.54, 1.807) is 18.2 Å². The number of rotatable bonds is 6. The summed E-state index contributed by atoms with van der Waals surface area (Å²) in [6, 6.07) is 10.3. The largest absolute Gasteiger partial charge is 0.497 e. The number of benzene rings is 2. The number of nitrogens with zero attached hydrogens (tertiary/aromatic N) is 3. The maximum absolute atomic E-state index is 12.3. The van der Waals surface area contributed by atoms with E-state index in [0.29, 0.717) is 17.1 Å². The Hall–Kier alpha value is -3.95. The summed E-state index contributed by atoms with van der Waals surface area (Å²) in [5.41, 5.74) is 0.0717. The average Bonchev–Trinajstić information content (AvgIpc) is 3.15. The zero-order valence-electron chi connectivity index (χ0n) is 14.3. The number of nitro benzene ring substituents is 1. The summed E-state index contributed by atoms with van der Waals surface area (Å²) in [5.74, 6) is 0.423. The van der Waals surface area contributed by atoms with E-state index in [0.717, 1.165) is 0 Å². The highest BCUT2D eigenvalue weighted by Crippen LogP contribution is 2.30. The first-order chi connectivity index (χ1) is 13.0. The molecule has 0 aliphatic carbocycles. The van der Waals surface area contributed by atoms with Crippen molar-refractivity contribution in [2.24, 2.45) is 0 Å². The van der Waals surface area contributed by atoms with E-state index in [9.17, 15) is 14.9 Å². The molecule has 10 heteroatoms. The normalized spacial score (nSPS) is 10.3. The molecule has 3 rings (SSSR count). The number of amides is 1. The van der Waals surface area contributed by atoms with Crippen molar-refractivity contribution in [3.05, 3.63) is 58.1 Å². The molecular weight excluding hydrogens is 356 g/mol. The summed E-state index contributed by atoms with van der Waals surface area (Å²) in [6.07, 6.45) is 0. The Morgan fingerprint density at radius 3 is 2.41 bits per heavy atom. The Morgan fingerprint density at radius 2 is 1.78 bits per heavy atom. The first-order valence-electron chi connectivity index (χ1n) is 7.63. The molecule has 1 amide bonds. The van der Waals surface area contributed by atoms with Gasteiger partial charge in [-0.25, -0.2) is 0 Å². The van der Waals surface area contributed by atoms with Gasteiger partial charge in [0, 0.05) is 17.7 Å². The number of carbonyl (C=O) groups excluding carboxylic acids is 1. The van der Waals surface area contributed by atoms with E-state index >= 15 is 0 Å². The fourth-order valence-electron chi connectivity index (χ4n) is 2.31. The van der Waals surface area contributed by atoms with E-state index in [4.69, 9.17) is 13.9 Å². The van der Waals surface area contributed by atoms with Gasteiger partial charge < -0.3 is 13.9 Å². The maximum Gasteiger partial charge on any atom is 0.322 e. The van der Waals surface area contributed by atoms with Crippen LogP contribution in [0, 0.1) is 10.1 Å². The van der Waals surface area contributed by atoms with Crippen molar-refractivity contribution >= 4 is 17.6 Å². The molecule has 0 fully saturated rings. The van der Waals surface area contributed by atoms with Gasteiger partial charge in [0.25, 0.3) is 11.6 Å². The van der Waals surface area contributed by atoms with Crippen LogP contribution in [0.3, 0.4) is 0 Å². The molecule has 0 aliphatic rings. The number of para-hydroxylation sites is 1. The predicted molar refractivity (Wildman–Crippen MR) is 93.9 cm³/mol. The Balaban J connectivity index is 1.85. The topological polar surface area (TPSA) is 130 Å². The first-order valence-corrected chi connectivity index (χ1v) is 7.63. The number of ether oxygens (including phenoxy) is 2. The minimum absolute atomic E-state index is 0.116. The second-order valence-electron chi connectivity index (χ2n) is 5.24. The predicted octanol–water partition coefficient (Wildman–Crippen LogP) is 2.91. The second-order valence-corrected chi connectivity index (χ2v) is 5.24. The molecule has 0 radical (unpaired) electrons. The lowest BCUT2D eigenvalue weighted by Crippen LogP contribution is -2.14. The van der Waals surface area contributed by atoms with Crippen LogP contribution in [0.25, 0.3) is 11.5 Å². The van der Waals surface area contributed by atoms with Crippen molar-refractivity contribution in [1.29, 1.82) is 0 Å². The summed E-state index contributed by atoms with van der Waals surface area (Å²) in [5, 5.41) is 21.0. The van der Waals surface area contributed by atoms with Gasteiger partial charge >= 0.3 is 6.01 Å². The first kappa shape index (κ1) is 17.9. The highest BCUT2D eigenvalue weighted by Gasteiger charge is 2.21. The van der Waals surface area contributed by atoms with E-state index in [-0.39, 0.29) is 23.2 Å². The number of nitrogens with one attached hydrogen (secondary N) is 1. The lowest BCUT2D eigenvalue weighted by molar-refractivity contribution is -0.385. The Kier molecular flexibility index (Phi) is 4.97. The standard InChI is InChI=1S/C17H14N4O6/c1-25-11-7-10(8-12(9-11)26-2)16-19-20-17(27-16)18-15(22)13-5-3-4-6-14(13)21(23)24/h3-9H,1-2H3,(H,18,20,22). The minimum Gasteiger partial charge on any atom is -0.497 e. The average molecular weight is 370 g/mol. The molecule has 2 aromatic carbocycles. The molecule has 1 N–H and O–H groups in total. The lowest BCUT2D eigenvalue weighted by Gasteiger charge is -2.05. The van der Waals surface area contributed by atoms with Gasteiger partial charge in [-0.1, -0.05) is 17.2 Å². The lowest BCUT2D eigenvalue weighted by atomic mass is 10.1. The van der Waals surface area contributed by atoms with Crippen LogP contribution >= 0.6 is 0 Å². The van der Waals surface area contributed by atoms with E-state index < -0.39 is 10.8 Å². The van der Waals surface area contributed by atoms with Gasteiger partial charge in [0.1, 0.15) is 17.1 Å². The van der Waals surface area contributed by atoms with E-state index in [1.165, 1.54) is 38.5 Å². The second kappa shape index (κ2) is 7.52. The van der Waals surface area contributed by atoms with Crippen molar-refractivity contribution in [2.75, 3.05) is 19.5 Å². The zero-order chi connectivity index (χ0) is 19.4. The number of methoxy groups -OCH3 is 2. The van der Waals surface area contributed by atoms with Crippen molar-refractivity contribution in [3.63, 3.8) is 0 Å². The van der Waals surface area contributed by atoms with Crippen LogP contribution < -0.4 is 14.8 Å². The van der Waals surface area contributed by atoms with Crippen LogP contribution in [-0.2, 0) is 0 Å². The smallest absolute Gasteiger partial charge is 0.322 e. The number of aromatic nitrogens is 2. The molecule has 27 heavy (non-hydrogen) atoms. The minimum atomic E-state index is -0.735. The van der Waals surface area contributed by atoms with Crippen molar-refractivity contribution in [2.45, 2.75) is 0 Å². The van der Waals surface area contributed by atoms with Crippen molar-refractivity contribution < 1.29 is 23.6 Å². The molecule has 3 aromatic rings. The van der Waals surface area contributed by atoms with Crippen LogP contribution in [0.1, 0.15) is 10.4 Å². The van der Waals surface area contributed by atoms with Gasteiger partial charge in [-0.15, -0.1) is 5.10 Å². The maximum atomic E-state index is 12.3. The molecular formula is C17H14N4O6. The Bertz CT molecular complexity index is 978. The van der Waals surface area contributed by atoms with Crippen LogP contribution in [0.5, 0.6) is 11.5 Å². The quantitative estimate of drug-likeness (QED) is 0.518. The molecule has 1 aromatic heterocycles. The number of hydrogen-bond donors (Lipinski definition) is 1. The van der Waals surface area contributed by atoms with Gasteiger partial charge in [-0.2, -0.15) is 0 Å². The fourth-order valence-corrected chi connectivity index (χ4v) is 2.31. The van der Waals surface area contributed by atoms with Crippen LogP contribution in [0.15, 0.2) is 46.9 Å². The Morgan fingerprint density at radius 1 is 1.11 bits per heavy atom. The van der Waals surface area contributed by atoms with E-state index in [2.05, 4.69) is 15.5 Å². The summed E-state index contributed by atoms with van der Waals surface area (Å²) in [7, 11) is 3.01. The number of anilines is 1. The fraction of sp³-hybridized carbons (Fsp3) is 0.118. The summed E-state index contributed by atoms with van der Waals surface area (Å²) in [4.78, 5) is 22.7. The van der Waals surface area contributed by atoms with Gasteiger partial charge in [0.15, 0.2) is 0 Å². The van der Waals surface area contributed by atoms with Gasteiger partial charge in [-0.3, -0.25) is 20.2 Å². The van der Waals surface area contributed by atoms with Crippen LogP contribution in [0.4, 0.5) is 11.7 Å². The van der Waals surface area contributed by atoms with Crippen LogP contribution in [-0.4, -0.2) is 35.2 Å². The van der Waals surface area contributed by atoms with Crippen LogP contribution in [0.2, 0.25) is 0 Å². The number of nitro groups is 1. The molecule has 1 heterocycles. The third-order valence-electron chi connectivity index (χ3n) is 3.59. The molecule has 10 nitrogen and oxygen atoms in total. The zero-order valence-corrected chi connectivity index (χ0v) is 14.3. The molecule has 138 valence electrons. The molecule has 0 spiro atoms. The Labute approximate surface area is 152 Å². The molecule has 0 bridgehead atoms. The molecule has 0 saturated carbocycles. The summed E-state index contributed by atoms with van der Waals surface area (Å²) in [6.45, 7) is 0. The highest BCUT2D eigenvalue weighted by molar-refractivity contribution is 6.06. The van der Waals surface area contributed by atoms with E-state index in [1.807, 2.05) is 0 Å². The third-order valence-corrected chi connectivity index (χ3v) is 3.59. The monoisotopic (exact) mass is 370 g/mol. The number of hydrogen-bond acceptors (Lipinski definition) is 8. The van der Waals surface area contributed by atoms with Gasteiger partial charge in [0.2, 0.25) is 5.89 Å². The number of carbonyl (C=O) groups is 1. The molecule has 0 saturated heterocycles. The molecule has 0 unspecified atom stereocenters. The van der Waals surface area contributed by atoms with Gasteiger partial charge in [0.05, 0.1) is 19.1 Å². The molecule has 0 aliphatic heterocycles. The summed E-state index contributed by atoms with van der Waals surface area (Å²) >= 11 is 0. The van der Waals surface area contributed by atoms with Crippen molar-refractivity contribution in [3.8, 4) is 23.0 Å². The van der Waals surface area contributed by atoms with Crippen molar-refractivity contribution in [1.82, 2.24) is 10.2 Å². The SMILES string of the molecule is COc1cc(OC)cc(-c2nnc(NC(=O)c3ccccc3[N+](=O)[O-])o2)c1. The molecule has 0 atom stereocenters. The highest BCUT2D eigenvalue weighted by atomic mass is 16.6. The third kappa shape index (κ3) is 3.84. The summed E-state index contributed by atoms with van der Waals surface area (Å²) < 4.78 is 15.8. The van der Waals surface area contributed by atoms with Gasteiger partial charge in [-0.05, 0) is 18.2 Å².